The fourth-order valence-electron chi connectivity index (χ4n) is 1.48. The van der Waals surface area contributed by atoms with Crippen LogP contribution >= 0.6 is 0 Å². The molecule has 1 aromatic carbocycles. The maximum atomic E-state index is 12.4. The first-order chi connectivity index (χ1) is 8.84. The van der Waals surface area contributed by atoms with Gasteiger partial charge in [-0.05, 0) is 24.3 Å². The first kappa shape index (κ1) is 14.8. The van der Waals surface area contributed by atoms with Crippen molar-refractivity contribution in [3.63, 3.8) is 0 Å². The molecule has 0 bridgehead atoms. The number of carbonyl (C=O) groups is 1. The Bertz CT molecular complexity index is 477. The van der Waals surface area contributed by atoms with E-state index in [0.717, 1.165) is 12.1 Å². The van der Waals surface area contributed by atoms with Crippen molar-refractivity contribution in [1.29, 1.82) is 5.26 Å². The van der Waals surface area contributed by atoms with Crippen LogP contribution in [0.15, 0.2) is 24.3 Å². The molecule has 0 aliphatic heterocycles. The molecule has 102 valence electrons. The number of hydrogen-bond acceptors (Lipinski definition) is 3. The quantitative estimate of drug-likeness (QED) is 0.836. The molecule has 1 rings (SSSR count). The van der Waals surface area contributed by atoms with E-state index in [4.69, 9.17) is 10.4 Å². The maximum Gasteiger partial charge on any atom is 0.416 e. The van der Waals surface area contributed by atoms with E-state index in [1.54, 1.807) is 0 Å². The molecule has 0 saturated carbocycles. The Morgan fingerprint density at radius 3 is 2.32 bits per heavy atom. The molecule has 0 aliphatic carbocycles. The molecule has 1 aromatic rings. The molecule has 0 spiro atoms. The average Bonchev–Trinajstić information content (AvgIpc) is 2.33. The summed E-state index contributed by atoms with van der Waals surface area (Å²) in [5, 5.41) is 17.2. The van der Waals surface area contributed by atoms with E-state index in [0.29, 0.717) is 5.69 Å². The van der Waals surface area contributed by atoms with Gasteiger partial charge in [0.05, 0.1) is 18.1 Å². The predicted molar refractivity (Wildman–Crippen MR) is 61.5 cm³/mol. The summed E-state index contributed by atoms with van der Waals surface area (Å²) in [7, 11) is 0. The highest BCUT2D eigenvalue weighted by Gasteiger charge is 2.30. The normalized spacial score (nSPS) is 10.8. The lowest BCUT2D eigenvalue weighted by molar-refractivity contribution is -0.138. The van der Waals surface area contributed by atoms with E-state index in [1.165, 1.54) is 17.0 Å². The number of nitriles is 1. The molecule has 0 aromatic heterocycles. The van der Waals surface area contributed by atoms with Gasteiger partial charge in [0.2, 0.25) is 0 Å². The van der Waals surface area contributed by atoms with Crippen molar-refractivity contribution in [2.45, 2.75) is 12.6 Å². The summed E-state index contributed by atoms with van der Waals surface area (Å²) >= 11 is 0. The highest BCUT2D eigenvalue weighted by Crippen LogP contribution is 2.30. The Balaban J connectivity index is 2.85. The number of alkyl halides is 3. The van der Waals surface area contributed by atoms with E-state index in [2.05, 4.69) is 0 Å². The van der Waals surface area contributed by atoms with E-state index in [9.17, 15) is 18.0 Å². The second kappa shape index (κ2) is 6.09. The smallest absolute Gasteiger partial charge is 0.416 e. The number of nitrogens with zero attached hydrogens (tertiary/aromatic N) is 2. The molecule has 7 heteroatoms. The number of hydrogen-bond donors (Lipinski definition) is 1. The van der Waals surface area contributed by atoms with Gasteiger partial charge in [0.1, 0.15) is 6.54 Å². The minimum Gasteiger partial charge on any atom is -0.481 e. The number of halogens is 3. The van der Waals surface area contributed by atoms with Gasteiger partial charge in [0.25, 0.3) is 0 Å². The van der Waals surface area contributed by atoms with Crippen LogP contribution in [0.4, 0.5) is 18.9 Å². The van der Waals surface area contributed by atoms with Crippen molar-refractivity contribution in [2.75, 3.05) is 18.0 Å². The van der Waals surface area contributed by atoms with Crippen molar-refractivity contribution in [3.05, 3.63) is 29.8 Å². The highest BCUT2D eigenvalue weighted by molar-refractivity contribution is 5.67. The molecule has 0 heterocycles. The Hall–Kier alpha value is -2.23. The van der Waals surface area contributed by atoms with Gasteiger partial charge in [0.15, 0.2) is 0 Å². The third-order valence-corrected chi connectivity index (χ3v) is 2.42. The van der Waals surface area contributed by atoms with Gasteiger partial charge in [-0.15, -0.1) is 0 Å². The van der Waals surface area contributed by atoms with Crippen LogP contribution in [0.5, 0.6) is 0 Å². The monoisotopic (exact) mass is 272 g/mol. The van der Waals surface area contributed by atoms with Crippen LogP contribution in [-0.2, 0) is 11.0 Å². The zero-order chi connectivity index (χ0) is 14.5. The van der Waals surface area contributed by atoms with Crippen LogP contribution in [-0.4, -0.2) is 24.2 Å². The largest absolute Gasteiger partial charge is 0.481 e. The van der Waals surface area contributed by atoms with Crippen molar-refractivity contribution in [3.8, 4) is 6.07 Å². The molecule has 1 N–H and O–H groups in total. The summed E-state index contributed by atoms with van der Waals surface area (Å²) in [5.74, 6) is -1.03. The topological polar surface area (TPSA) is 64.3 Å². The molecule has 0 atom stereocenters. The lowest BCUT2D eigenvalue weighted by Crippen LogP contribution is -2.26. The minimum absolute atomic E-state index is 0.0637. The van der Waals surface area contributed by atoms with Crippen molar-refractivity contribution in [1.82, 2.24) is 0 Å². The fraction of sp³-hybridized carbons (Fsp3) is 0.333. The first-order valence-electron chi connectivity index (χ1n) is 5.35. The van der Waals surface area contributed by atoms with E-state index < -0.39 is 17.7 Å². The SMILES string of the molecule is N#CCN(CCC(=O)O)c1ccc(C(F)(F)F)cc1. The minimum atomic E-state index is -4.42. The first-order valence-corrected chi connectivity index (χ1v) is 5.35. The van der Waals surface area contributed by atoms with Gasteiger partial charge in [0, 0.05) is 12.2 Å². The molecule has 4 nitrogen and oxygen atoms in total. The number of carboxylic acids is 1. The summed E-state index contributed by atoms with van der Waals surface area (Å²) in [6.07, 6.45) is -4.61. The Morgan fingerprint density at radius 1 is 1.32 bits per heavy atom. The van der Waals surface area contributed by atoms with E-state index >= 15 is 0 Å². The lowest BCUT2D eigenvalue weighted by atomic mass is 10.2. The van der Waals surface area contributed by atoms with Gasteiger partial charge in [-0.25, -0.2) is 0 Å². The van der Waals surface area contributed by atoms with Crippen LogP contribution in [0.1, 0.15) is 12.0 Å². The van der Waals surface area contributed by atoms with Crippen molar-refractivity contribution in [2.24, 2.45) is 0 Å². The third kappa shape index (κ3) is 4.50. The number of rotatable bonds is 5. The molecule has 19 heavy (non-hydrogen) atoms. The average molecular weight is 272 g/mol. The molecule has 0 radical (unpaired) electrons. The zero-order valence-corrected chi connectivity index (χ0v) is 9.81. The molecular formula is C12H11F3N2O2. The Kier molecular flexibility index (Phi) is 4.75. The van der Waals surface area contributed by atoms with Gasteiger partial charge in [-0.2, -0.15) is 18.4 Å². The summed E-state index contributed by atoms with van der Waals surface area (Å²) in [4.78, 5) is 11.9. The van der Waals surface area contributed by atoms with E-state index in [1.807, 2.05) is 6.07 Å². The van der Waals surface area contributed by atoms with Crippen LogP contribution in [0.2, 0.25) is 0 Å². The summed E-state index contributed by atoms with van der Waals surface area (Å²) in [6.45, 7) is -0.0209. The summed E-state index contributed by atoms with van der Waals surface area (Å²) in [6, 6.07) is 6.10. The highest BCUT2D eigenvalue weighted by atomic mass is 19.4. The van der Waals surface area contributed by atoms with Crippen LogP contribution in [0.3, 0.4) is 0 Å². The standard InChI is InChI=1S/C12H11F3N2O2/c13-12(14,15)9-1-3-10(4-2-9)17(8-6-16)7-5-11(18)19/h1-4H,5,7-8H2,(H,18,19). The number of carboxylic acid groups (broad SMARTS) is 1. The fourth-order valence-corrected chi connectivity index (χ4v) is 1.48. The Labute approximate surface area is 107 Å². The van der Waals surface area contributed by atoms with Gasteiger partial charge in [-0.3, -0.25) is 4.79 Å². The van der Waals surface area contributed by atoms with E-state index in [-0.39, 0.29) is 19.5 Å². The zero-order valence-electron chi connectivity index (χ0n) is 9.81. The van der Waals surface area contributed by atoms with Crippen LogP contribution < -0.4 is 4.90 Å². The Morgan fingerprint density at radius 2 is 1.89 bits per heavy atom. The molecule has 0 amide bonds. The second-order valence-corrected chi connectivity index (χ2v) is 3.77. The molecular weight excluding hydrogens is 261 g/mol. The molecule has 0 aliphatic rings. The molecule has 0 unspecified atom stereocenters. The second-order valence-electron chi connectivity index (χ2n) is 3.77. The number of anilines is 1. The summed E-state index contributed by atoms with van der Waals surface area (Å²) in [5.41, 5.74) is -0.401. The maximum absolute atomic E-state index is 12.4. The van der Waals surface area contributed by atoms with Gasteiger partial charge < -0.3 is 10.0 Å². The number of benzene rings is 1. The number of aliphatic carboxylic acids is 1. The predicted octanol–water partition coefficient (Wildman–Crippen LogP) is 2.51. The lowest BCUT2D eigenvalue weighted by Gasteiger charge is -2.21. The molecule has 0 saturated heterocycles. The van der Waals surface area contributed by atoms with Crippen molar-refractivity contribution >= 4 is 11.7 Å². The summed E-state index contributed by atoms with van der Waals surface area (Å²) < 4.78 is 37.1. The molecule has 0 fully saturated rings. The van der Waals surface area contributed by atoms with Gasteiger partial charge in [-0.1, -0.05) is 0 Å². The van der Waals surface area contributed by atoms with Crippen LogP contribution in [0, 0.1) is 11.3 Å². The van der Waals surface area contributed by atoms with Gasteiger partial charge >= 0.3 is 12.1 Å². The van der Waals surface area contributed by atoms with Crippen LogP contribution in [0.25, 0.3) is 0 Å². The third-order valence-electron chi connectivity index (χ3n) is 2.42. The van der Waals surface area contributed by atoms with Crippen molar-refractivity contribution < 1.29 is 23.1 Å².